The van der Waals surface area contributed by atoms with Crippen molar-refractivity contribution in [1.82, 2.24) is 34.9 Å². The summed E-state index contributed by atoms with van der Waals surface area (Å²) < 4.78 is 21.7. The monoisotopic (exact) mass is 574 g/mol. The predicted octanol–water partition coefficient (Wildman–Crippen LogP) is 3.12. The van der Waals surface area contributed by atoms with E-state index >= 15 is 0 Å². The Kier molecular flexibility index (Phi) is 8.35. The first kappa shape index (κ1) is 27.1. The zero-order valence-electron chi connectivity index (χ0n) is 22.4. The molecule has 2 saturated heterocycles. The van der Waals surface area contributed by atoms with E-state index in [1.807, 2.05) is 35.4 Å². The molecule has 2 aliphatic heterocycles. The van der Waals surface area contributed by atoms with E-state index in [4.69, 9.17) is 10.1 Å². The maximum absolute atomic E-state index is 14.0. The van der Waals surface area contributed by atoms with Gasteiger partial charge < -0.3 is 24.8 Å². The Morgan fingerprint density at radius 3 is 2.73 bits per heavy atom. The van der Waals surface area contributed by atoms with Crippen molar-refractivity contribution < 1.29 is 9.13 Å². The summed E-state index contributed by atoms with van der Waals surface area (Å²) in [5.41, 5.74) is 2.85. The van der Waals surface area contributed by atoms with Crippen LogP contribution in [-0.2, 0) is 11.3 Å². The predicted molar refractivity (Wildman–Crippen MR) is 156 cm³/mol. The minimum absolute atomic E-state index is 0.115. The molecule has 0 saturated carbocycles. The maximum atomic E-state index is 14.0. The number of aromatic amines is 1. The third-order valence-electron chi connectivity index (χ3n) is 7.01. The highest BCUT2D eigenvalue weighted by Gasteiger charge is 2.24. The van der Waals surface area contributed by atoms with Gasteiger partial charge in [0.2, 0.25) is 5.95 Å². The van der Waals surface area contributed by atoms with Crippen LogP contribution in [0.5, 0.6) is 0 Å². The lowest BCUT2D eigenvalue weighted by Crippen LogP contribution is -2.49. The fourth-order valence-corrected chi connectivity index (χ4v) is 5.71. The molecule has 3 aromatic heterocycles. The molecule has 0 radical (unpaired) electrons. The first-order valence-corrected chi connectivity index (χ1v) is 14.3. The normalized spacial score (nSPS) is 18.1. The second-order valence-corrected chi connectivity index (χ2v) is 10.9. The Labute approximate surface area is 241 Å². The quantitative estimate of drug-likeness (QED) is 0.217. The smallest absolute Gasteiger partial charge is 0.225 e. The van der Waals surface area contributed by atoms with Crippen LogP contribution < -0.4 is 10.2 Å². The van der Waals surface area contributed by atoms with E-state index in [0.29, 0.717) is 43.6 Å². The summed E-state index contributed by atoms with van der Waals surface area (Å²) in [6, 6.07) is 8.72. The van der Waals surface area contributed by atoms with Gasteiger partial charge >= 0.3 is 0 Å². The molecule has 0 amide bonds. The molecular weight excluding hydrogens is 543 g/mol. The van der Waals surface area contributed by atoms with E-state index < -0.39 is 0 Å². The van der Waals surface area contributed by atoms with Crippen LogP contribution in [0, 0.1) is 11.2 Å². The molecule has 2 aliphatic rings. The van der Waals surface area contributed by atoms with Gasteiger partial charge in [-0.2, -0.15) is 5.10 Å². The van der Waals surface area contributed by atoms with Crippen LogP contribution in [0.1, 0.15) is 5.69 Å². The van der Waals surface area contributed by atoms with Gasteiger partial charge in [-0.1, -0.05) is 23.9 Å². The number of aliphatic imine (C=N–C) groups is 1. The Bertz CT molecular complexity index is 1490. The van der Waals surface area contributed by atoms with Crippen molar-refractivity contribution in [3.8, 4) is 11.1 Å². The lowest BCUT2D eigenvalue weighted by atomic mass is 10.2. The molecule has 41 heavy (non-hydrogen) atoms. The zero-order valence-corrected chi connectivity index (χ0v) is 23.2. The number of H-pyrrole nitrogens is 1. The van der Waals surface area contributed by atoms with Crippen LogP contribution in [0.15, 0.2) is 76.1 Å². The van der Waals surface area contributed by atoms with Gasteiger partial charge in [-0.05, 0) is 18.2 Å². The van der Waals surface area contributed by atoms with Crippen molar-refractivity contribution in [3.05, 3.63) is 72.8 Å². The van der Waals surface area contributed by atoms with E-state index in [9.17, 15) is 4.39 Å². The van der Waals surface area contributed by atoms with Crippen LogP contribution in [0.4, 0.5) is 10.3 Å². The summed E-state index contributed by atoms with van der Waals surface area (Å²) in [7, 11) is 0. The van der Waals surface area contributed by atoms with Crippen LogP contribution >= 0.6 is 11.8 Å². The van der Waals surface area contributed by atoms with Gasteiger partial charge in [-0.15, -0.1) is 0 Å². The SMILES string of the molecule is N=CN=C(c1cc(-c2cnn(C[C@@H]3CNCCO3)c2)c[nH]1)N1CCN(c2ncc(Sc3ccccc3F)cn2)CC1. The number of piperazine rings is 1. The summed E-state index contributed by atoms with van der Waals surface area (Å²) in [5, 5.41) is 15.5. The molecule has 13 heteroatoms. The Hall–Kier alpha value is -4.07. The first-order valence-electron chi connectivity index (χ1n) is 13.5. The second kappa shape index (κ2) is 12.6. The molecule has 1 atom stereocenters. The van der Waals surface area contributed by atoms with E-state index in [1.165, 1.54) is 17.8 Å². The highest BCUT2D eigenvalue weighted by atomic mass is 32.2. The number of anilines is 1. The summed E-state index contributed by atoms with van der Waals surface area (Å²) in [4.78, 5) is 22.4. The molecule has 0 spiro atoms. The van der Waals surface area contributed by atoms with Gasteiger partial charge in [0.1, 0.15) is 12.2 Å². The lowest BCUT2D eigenvalue weighted by molar-refractivity contribution is 0.0161. The highest BCUT2D eigenvalue weighted by molar-refractivity contribution is 7.99. The van der Waals surface area contributed by atoms with Crippen molar-refractivity contribution in [2.24, 2.45) is 4.99 Å². The number of rotatable bonds is 8. The van der Waals surface area contributed by atoms with Gasteiger partial charge in [-0.3, -0.25) is 10.1 Å². The van der Waals surface area contributed by atoms with Gasteiger partial charge in [0.25, 0.3) is 0 Å². The minimum Gasteiger partial charge on any atom is -0.374 e. The molecule has 0 unspecified atom stereocenters. The van der Waals surface area contributed by atoms with E-state index in [0.717, 1.165) is 53.6 Å². The number of aromatic nitrogens is 5. The number of nitrogens with one attached hydrogen (secondary N) is 3. The highest BCUT2D eigenvalue weighted by Crippen LogP contribution is 2.29. The Morgan fingerprint density at radius 2 is 1.98 bits per heavy atom. The third kappa shape index (κ3) is 6.47. The number of halogens is 1. The van der Waals surface area contributed by atoms with Crippen molar-refractivity contribution in [2.45, 2.75) is 22.4 Å². The number of morpholine rings is 1. The van der Waals surface area contributed by atoms with Crippen molar-refractivity contribution >= 4 is 29.9 Å². The zero-order chi connectivity index (χ0) is 28.0. The largest absolute Gasteiger partial charge is 0.374 e. The van der Waals surface area contributed by atoms with Gasteiger partial charge in [0, 0.05) is 85.0 Å². The number of benzene rings is 1. The number of hydrogen-bond acceptors (Lipinski definition) is 8. The van der Waals surface area contributed by atoms with E-state index in [-0.39, 0.29) is 11.9 Å². The van der Waals surface area contributed by atoms with E-state index in [2.05, 4.69) is 40.2 Å². The summed E-state index contributed by atoms with van der Waals surface area (Å²) in [6.45, 7) is 5.94. The number of ether oxygens (including phenoxy) is 1. The molecule has 11 nitrogen and oxygen atoms in total. The van der Waals surface area contributed by atoms with Crippen LogP contribution in [0.25, 0.3) is 11.1 Å². The third-order valence-corrected chi connectivity index (χ3v) is 8.01. The van der Waals surface area contributed by atoms with E-state index in [1.54, 1.807) is 24.5 Å². The minimum atomic E-state index is -0.258. The molecule has 212 valence electrons. The Morgan fingerprint density at radius 1 is 1.15 bits per heavy atom. The number of hydrogen-bond donors (Lipinski definition) is 3. The van der Waals surface area contributed by atoms with Crippen LogP contribution in [0.3, 0.4) is 0 Å². The average molecular weight is 575 g/mol. The van der Waals surface area contributed by atoms with Gasteiger partial charge in [0.15, 0.2) is 5.84 Å². The molecule has 6 rings (SSSR count). The molecule has 0 bridgehead atoms. The fourth-order valence-electron chi connectivity index (χ4n) is 4.93. The molecule has 0 aliphatic carbocycles. The fraction of sp³-hybridized carbons (Fsp3) is 0.321. The molecule has 3 N–H and O–H groups in total. The van der Waals surface area contributed by atoms with Crippen molar-refractivity contribution in [2.75, 3.05) is 50.8 Å². The molecule has 5 heterocycles. The molecular formula is C28H31FN10OS. The van der Waals surface area contributed by atoms with Crippen LogP contribution in [-0.4, -0.2) is 93.8 Å². The Balaban J connectivity index is 1.07. The topological polar surface area (TPSA) is 123 Å². The summed E-state index contributed by atoms with van der Waals surface area (Å²) >= 11 is 1.31. The summed E-state index contributed by atoms with van der Waals surface area (Å²) in [5.74, 6) is 1.10. The van der Waals surface area contributed by atoms with Gasteiger partial charge in [0.05, 0.1) is 31.1 Å². The molecule has 2 fully saturated rings. The maximum Gasteiger partial charge on any atom is 0.225 e. The second-order valence-electron chi connectivity index (χ2n) is 9.76. The molecule has 4 aromatic rings. The van der Waals surface area contributed by atoms with Crippen LogP contribution in [0.2, 0.25) is 0 Å². The first-order chi connectivity index (χ1) is 20.2. The average Bonchev–Trinajstić information content (AvgIpc) is 3.68. The number of amidine groups is 1. The van der Waals surface area contributed by atoms with Gasteiger partial charge in [-0.25, -0.2) is 19.4 Å². The van der Waals surface area contributed by atoms with Crippen molar-refractivity contribution in [1.29, 1.82) is 5.41 Å². The lowest BCUT2D eigenvalue weighted by Gasteiger charge is -2.36. The standard InChI is InChI=1S/C28H31FN10OS/c29-24-3-1-2-4-26(24)41-23-15-33-28(34-16-23)38-8-6-37(7-9-38)27(35-19-30)25-11-20(12-32-25)21-13-36-39(17-21)18-22-14-31-5-10-40-22/h1-4,11-13,15-17,19,22,30-32H,5-10,14,18H2/t22-/m0/s1. The molecule has 1 aromatic carbocycles. The van der Waals surface area contributed by atoms with Crippen molar-refractivity contribution in [3.63, 3.8) is 0 Å². The summed E-state index contributed by atoms with van der Waals surface area (Å²) in [6.07, 6.45) is 10.5. The number of nitrogens with zero attached hydrogens (tertiary/aromatic N) is 7.